The van der Waals surface area contributed by atoms with Crippen LogP contribution in [0.4, 0.5) is 5.69 Å². The number of phenolic OH excluding ortho intramolecular Hbond substituents is 1. The van der Waals surface area contributed by atoms with E-state index in [1.54, 1.807) is 25.1 Å². The van der Waals surface area contributed by atoms with Crippen LogP contribution in [0.1, 0.15) is 18.1 Å². The standard InChI is InChI=1S/C19H17ClN2O3/c1-11-4-6-14(7-5-11)22-19(24)15(12(2)21-22)8-13-9-16(20)18(23)17(10-13)25-3/h4-10,23H,1-3H3. The number of rotatable bonds is 3. The molecular formula is C19H17ClN2O3. The summed E-state index contributed by atoms with van der Waals surface area (Å²) >= 11 is 6.01. The Labute approximate surface area is 150 Å². The minimum atomic E-state index is -0.218. The number of aromatic hydroxyl groups is 1. The van der Waals surface area contributed by atoms with Crippen LogP contribution in [0.25, 0.3) is 6.08 Å². The van der Waals surface area contributed by atoms with E-state index in [2.05, 4.69) is 5.10 Å². The van der Waals surface area contributed by atoms with Gasteiger partial charge in [0, 0.05) is 0 Å². The predicted octanol–water partition coefficient (Wildman–Crippen LogP) is 4.17. The molecule has 0 aliphatic carbocycles. The number of aryl methyl sites for hydroxylation is 1. The van der Waals surface area contributed by atoms with Crippen molar-refractivity contribution in [3.8, 4) is 11.5 Å². The quantitative estimate of drug-likeness (QED) is 0.839. The van der Waals surface area contributed by atoms with Crippen molar-refractivity contribution in [3.05, 3.63) is 58.1 Å². The van der Waals surface area contributed by atoms with Crippen LogP contribution in [-0.4, -0.2) is 23.8 Å². The van der Waals surface area contributed by atoms with Crippen molar-refractivity contribution in [2.24, 2.45) is 5.10 Å². The molecule has 1 N–H and O–H groups in total. The second-order valence-electron chi connectivity index (χ2n) is 5.75. The molecule has 0 saturated carbocycles. The molecule has 1 aliphatic heterocycles. The molecule has 0 unspecified atom stereocenters. The number of ether oxygens (including phenoxy) is 1. The SMILES string of the molecule is COc1cc(C=C2C(=O)N(c3ccc(C)cc3)N=C2C)cc(Cl)c1O. The molecule has 25 heavy (non-hydrogen) atoms. The lowest BCUT2D eigenvalue weighted by Gasteiger charge is -2.12. The summed E-state index contributed by atoms with van der Waals surface area (Å²) in [7, 11) is 1.44. The van der Waals surface area contributed by atoms with E-state index in [9.17, 15) is 9.90 Å². The van der Waals surface area contributed by atoms with Gasteiger partial charge < -0.3 is 9.84 Å². The fourth-order valence-corrected chi connectivity index (χ4v) is 2.76. The molecule has 0 aromatic heterocycles. The third-order valence-electron chi connectivity index (χ3n) is 3.92. The van der Waals surface area contributed by atoms with Gasteiger partial charge in [-0.2, -0.15) is 10.1 Å². The zero-order valence-corrected chi connectivity index (χ0v) is 14.8. The number of hydrazone groups is 1. The van der Waals surface area contributed by atoms with Gasteiger partial charge in [0.1, 0.15) is 0 Å². The average Bonchev–Trinajstić information content (AvgIpc) is 2.86. The van der Waals surface area contributed by atoms with Gasteiger partial charge in [-0.3, -0.25) is 4.79 Å². The number of halogens is 1. The molecule has 2 aromatic rings. The summed E-state index contributed by atoms with van der Waals surface area (Å²) in [6.07, 6.45) is 1.68. The molecule has 0 saturated heterocycles. The van der Waals surface area contributed by atoms with Crippen molar-refractivity contribution >= 4 is 35.0 Å². The van der Waals surface area contributed by atoms with Gasteiger partial charge in [0.15, 0.2) is 11.5 Å². The maximum absolute atomic E-state index is 12.7. The molecular weight excluding hydrogens is 340 g/mol. The van der Waals surface area contributed by atoms with Gasteiger partial charge in [-0.25, -0.2) is 0 Å². The number of hydrogen-bond acceptors (Lipinski definition) is 4. The summed E-state index contributed by atoms with van der Waals surface area (Å²) in [5.74, 6) is -0.102. The minimum absolute atomic E-state index is 0.129. The lowest BCUT2D eigenvalue weighted by Crippen LogP contribution is -2.21. The third kappa shape index (κ3) is 3.23. The molecule has 6 heteroatoms. The van der Waals surface area contributed by atoms with Gasteiger partial charge in [0.05, 0.1) is 29.1 Å². The van der Waals surface area contributed by atoms with Crippen LogP contribution < -0.4 is 9.75 Å². The van der Waals surface area contributed by atoms with Crippen LogP contribution in [0.2, 0.25) is 5.02 Å². The van der Waals surface area contributed by atoms with E-state index in [1.165, 1.54) is 12.1 Å². The molecule has 3 rings (SSSR count). The van der Waals surface area contributed by atoms with E-state index in [1.807, 2.05) is 31.2 Å². The van der Waals surface area contributed by atoms with E-state index in [-0.39, 0.29) is 22.4 Å². The first-order chi connectivity index (χ1) is 11.9. The average molecular weight is 357 g/mol. The summed E-state index contributed by atoms with van der Waals surface area (Å²) in [6.45, 7) is 3.76. The predicted molar refractivity (Wildman–Crippen MR) is 99.4 cm³/mol. The maximum atomic E-state index is 12.7. The minimum Gasteiger partial charge on any atom is -0.503 e. The molecule has 0 spiro atoms. The Morgan fingerprint density at radius 1 is 1.20 bits per heavy atom. The fraction of sp³-hybridized carbons (Fsp3) is 0.158. The van der Waals surface area contributed by atoms with Gasteiger partial charge in [-0.05, 0) is 49.8 Å². The second kappa shape index (κ2) is 6.61. The van der Waals surface area contributed by atoms with Gasteiger partial charge in [-0.15, -0.1) is 0 Å². The number of amides is 1. The van der Waals surface area contributed by atoms with Crippen molar-refractivity contribution < 1.29 is 14.6 Å². The van der Waals surface area contributed by atoms with Crippen LogP contribution >= 0.6 is 11.6 Å². The molecule has 1 aliphatic rings. The van der Waals surface area contributed by atoms with Crippen LogP contribution in [0.5, 0.6) is 11.5 Å². The Morgan fingerprint density at radius 2 is 1.88 bits per heavy atom. The van der Waals surface area contributed by atoms with Crippen LogP contribution in [0.3, 0.4) is 0 Å². The van der Waals surface area contributed by atoms with E-state index in [0.717, 1.165) is 5.56 Å². The van der Waals surface area contributed by atoms with E-state index in [4.69, 9.17) is 16.3 Å². The Morgan fingerprint density at radius 3 is 2.52 bits per heavy atom. The highest BCUT2D eigenvalue weighted by atomic mass is 35.5. The first-order valence-electron chi connectivity index (χ1n) is 7.65. The van der Waals surface area contributed by atoms with E-state index >= 15 is 0 Å². The second-order valence-corrected chi connectivity index (χ2v) is 6.16. The number of anilines is 1. The zero-order chi connectivity index (χ0) is 18.1. The van der Waals surface area contributed by atoms with Crippen molar-refractivity contribution in [2.45, 2.75) is 13.8 Å². The Hall–Kier alpha value is -2.79. The highest BCUT2D eigenvalue weighted by Gasteiger charge is 2.28. The molecule has 2 aromatic carbocycles. The molecule has 128 valence electrons. The molecule has 0 bridgehead atoms. The topological polar surface area (TPSA) is 62.1 Å². The van der Waals surface area contributed by atoms with Crippen LogP contribution in [-0.2, 0) is 4.79 Å². The molecule has 1 heterocycles. The first-order valence-corrected chi connectivity index (χ1v) is 8.03. The highest BCUT2D eigenvalue weighted by Crippen LogP contribution is 2.36. The number of phenols is 1. The van der Waals surface area contributed by atoms with E-state index in [0.29, 0.717) is 22.5 Å². The summed E-state index contributed by atoms with van der Waals surface area (Å²) in [6, 6.07) is 10.8. The van der Waals surface area contributed by atoms with Gasteiger partial charge in [0.25, 0.3) is 5.91 Å². The molecule has 0 radical (unpaired) electrons. The summed E-state index contributed by atoms with van der Waals surface area (Å²) < 4.78 is 5.10. The Balaban J connectivity index is 1.97. The lowest BCUT2D eigenvalue weighted by atomic mass is 10.1. The van der Waals surface area contributed by atoms with Crippen molar-refractivity contribution in [3.63, 3.8) is 0 Å². The maximum Gasteiger partial charge on any atom is 0.280 e. The lowest BCUT2D eigenvalue weighted by molar-refractivity contribution is -0.114. The molecule has 0 fully saturated rings. The van der Waals surface area contributed by atoms with Crippen molar-refractivity contribution in [1.82, 2.24) is 0 Å². The van der Waals surface area contributed by atoms with Crippen LogP contribution in [0.15, 0.2) is 47.1 Å². The van der Waals surface area contributed by atoms with Gasteiger partial charge in [-0.1, -0.05) is 29.3 Å². The molecule has 1 amide bonds. The normalized spacial score (nSPS) is 15.7. The first kappa shape index (κ1) is 17.0. The van der Waals surface area contributed by atoms with Gasteiger partial charge >= 0.3 is 0 Å². The zero-order valence-electron chi connectivity index (χ0n) is 14.1. The number of carbonyl (C=O) groups excluding carboxylic acids is 1. The van der Waals surface area contributed by atoms with Gasteiger partial charge in [0.2, 0.25) is 0 Å². The molecule has 0 atom stereocenters. The van der Waals surface area contributed by atoms with Crippen LogP contribution in [0, 0.1) is 6.92 Å². The highest BCUT2D eigenvalue weighted by molar-refractivity contribution is 6.33. The number of hydrogen-bond donors (Lipinski definition) is 1. The number of benzene rings is 2. The Kier molecular flexibility index (Phi) is 4.51. The summed E-state index contributed by atoms with van der Waals surface area (Å²) in [5.41, 5.74) is 3.53. The van der Waals surface area contributed by atoms with E-state index < -0.39 is 0 Å². The molecule has 5 nitrogen and oxygen atoms in total. The summed E-state index contributed by atoms with van der Waals surface area (Å²) in [4.78, 5) is 12.7. The smallest absolute Gasteiger partial charge is 0.280 e. The fourth-order valence-electron chi connectivity index (χ4n) is 2.54. The van der Waals surface area contributed by atoms with Crippen molar-refractivity contribution in [1.29, 1.82) is 0 Å². The van der Waals surface area contributed by atoms with Crippen molar-refractivity contribution in [2.75, 3.05) is 12.1 Å². The number of nitrogens with zero attached hydrogens (tertiary/aromatic N) is 2. The number of methoxy groups -OCH3 is 1. The third-order valence-corrected chi connectivity index (χ3v) is 4.21. The number of carbonyl (C=O) groups is 1. The Bertz CT molecular complexity index is 902. The monoisotopic (exact) mass is 356 g/mol. The largest absolute Gasteiger partial charge is 0.503 e. The summed E-state index contributed by atoms with van der Waals surface area (Å²) in [5, 5.41) is 15.7.